The van der Waals surface area contributed by atoms with Crippen molar-refractivity contribution in [2.24, 2.45) is 5.92 Å². The largest absolute Gasteiger partial charge is 0.115 e. The van der Waals surface area contributed by atoms with Crippen LogP contribution in [0.15, 0.2) is 36.4 Å². The lowest BCUT2D eigenvalue weighted by molar-refractivity contribution is 0.375. The van der Waals surface area contributed by atoms with Crippen molar-refractivity contribution >= 4 is 0 Å². The normalized spacial score (nSPS) is 24.7. The molecule has 0 spiro atoms. The van der Waals surface area contributed by atoms with Gasteiger partial charge >= 0.3 is 0 Å². The van der Waals surface area contributed by atoms with Gasteiger partial charge in [-0.2, -0.15) is 0 Å². The van der Waals surface area contributed by atoms with Crippen molar-refractivity contribution in [1.29, 1.82) is 0 Å². The van der Waals surface area contributed by atoms with Gasteiger partial charge in [-0.1, -0.05) is 30.2 Å². The van der Waals surface area contributed by atoms with Crippen molar-refractivity contribution in [1.82, 2.24) is 0 Å². The van der Waals surface area contributed by atoms with Gasteiger partial charge in [-0.15, -0.1) is 6.42 Å². The van der Waals surface area contributed by atoms with Crippen LogP contribution >= 0.6 is 0 Å². The topological polar surface area (TPSA) is 0 Å². The molecule has 1 saturated carbocycles. The molecule has 0 N–H and O–H groups in total. The monoisotopic (exact) mass is 224 g/mol. The second-order valence-electron chi connectivity index (χ2n) is 4.90. The van der Waals surface area contributed by atoms with Gasteiger partial charge in [-0.25, -0.2) is 0 Å². The van der Waals surface area contributed by atoms with Crippen LogP contribution in [0.2, 0.25) is 0 Å². The Bertz CT molecular complexity index is 408. The maximum atomic E-state index is 5.37. The Kier molecular flexibility index (Phi) is 4.04. The van der Waals surface area contributed by atoms with Crippen LogP contribution in [0.4, 0.5) is 0 Å². The molecular weight excluding hydrogens is 204 g/mol. The fourth-order valence-electron chi connectivity index (χ4n) is 2.77. The van der Waals surface area contributed by atoms with Gasteiger partial charge in [0.1, 0.15) is 0 Å². The molecule has 1 fully saturated rings. The van der Waals surface area contributed by atoms with Crippen LogP contribution in [-0.4, -0.2) is 0 Å². The third-order valence-electron chi connectivity index (χ3n) is 3.79. The third kappa shape index (κ3) is 3.01. The lowest BCUT2D eigenvalue weighted by Crippen LogP contribution is -2.11. The van der Waals surface area contributed by atoms with Gasteiger partial charge in [0.2, 0.25) is 0 Å². The quantitative estimate of drug-likeness (QED) is 0.512. The zero-order chi connectivity index (χ0) is 12.1. The summed E-state index contributed by atoms with van der Waals surface area (Å²) in [5.41, 5.74) is 2.44. The number of hydrogen-bond acceptors (Lipinski definition) is 0. The molecule has 1 aromatic rings. The number of allylic oxidation sites excluding steroid dienone is 2. The van der Waals surface area contributed by atoms with Crippen molar-refractivity contribution < 1.29 is 0 Å². The average molecular weight is 224 g/mol. The molecule has 0 amide bonds. The van der Waals surface area contributed by atoms with Crippen molar-refractivity contribution in [2.45, 2.75) is 38.5 Å². The summed E-state index contributed by atoms with van der Waals surface area (Å²) in [6.07, 6.45) is 15.2. The molecule has 0 aliphatic heterocycles. The highest BCUT2D eigenvalue weighted by Gasteiger charge is 2.20. The van der Waals surface area contributed by atoms with E-state index in [9.17, 15) is 0 Å². The third-order valence-corrected chi connectivity index (χ3v) is 3.79. The molecule has 1 aromatic carbocycles. The molecule has 0 heteroatoms. The van der Waals surface area contributed by atoms with Crippen LogP contribution in [-0.2, 0) is 0 Å². The molecule has 0 atom stereocenters. The summed E-state index contributed by atoms with van der Waals surface area (Å²) in [7, 11) is 0. The predicted molar refractivity (Wildman–Crippen MR) is 73.9 cm³/mol. The highest BCUT2D eigenvalue weighted by Crippen LogP contribution is 2.36. The molecule has 88 valence electrons. The Morgan fingerprint density at radius 3 is 2.29 bits per heavy atom. The smallest absolute Gasteiger partial charge is 0.0242 e. The lowest BCUT2D eigenvalue weighted by Gasteiger charge is -2.27. The van der Waals surface area contributed by atoms with E-state index in [0.29, 0.717) is 0 Å². The van der Waals surface area contributed by atoms with Gasteiger partial charge < -0.3 is 0 Å². The van der Waals surface area contributed by atoms with Gasteiger partial charge in [0.25, 0.3) is 0 Å². The fourth-order valence-corrected chi connectivity index (χ4v) is 2.77. The van der Waals surface area contributed by atoms with Crippen LogP contribution in [0.1, 0.15) is 49.7 Å². The summed E-state index contributed by atoms with van der Waals surface area (Å²) in [5, 5.41) is 0. The molecule has 2 rings (SSSR count). The zero-order valence-corrected chi connectivity index (χ0v) is 10.5. The molecule has 0 saturated heterocycles. The molecule has 1 aliphatic rings. The summed E-state index contributed by atoms with van der Waals surface area (Å²) < 4.78 is 0. The Morgan fingerprint density at radius 1 is 1.12 bits per heavy atom. The Morgan fingerprint density at radius 2 is 1.76 bits per heavy atom. The minimum atomic E-state index is 0.739. The van der Waals surface area contributed by atoms with E-state index in [1.165, 1.54) is 31.2 Å². The highest BCUT2D eigenvalue weighted by molar-refractivity contribution is 5.35. The van der Waals surface area contributed by atoms with E-state index in [4.69, 9.17) is 6.42 Å². The summed E-state index contributed by atoms with van der Waals surface area (Å²) in [6, 6.07) is 8.53. The number of rotatable bonds is 2. The SMILES string of the molecule is C#Cc1ccc(C2CCC(/C=C/C)CC2)cc1. The van der Waals surface area contributed by atoms with Gasteiger partial charge in [0, 0.05) is 5.56 Å². The van der Waals surface area contributed by atoms with E-state index >= 15 is 0 Å². The minimum Gasteiger partial charge on any atom is -0.115 e. The first-order valence-electron chi connectivity index (χ1n) is 6.53. The molecule has 0 aromatic heterocycles. The van der Waals surface area contributed by atoms with E-state index in [-0.39, 0.29) is 0 Å². The van der Waals surface area contributed by atoms with Gasteiger partial charge in [0.15, 0.2) is 0 Å². The summed E-state index contributed by atoms with van der Waals surface area (Å²) >= 11 is 0. The second kappa shape index (κ2) is 5.73. The second-order valence-corrected chi connectivity index (χ2v) is 4.90. The molecule has 0 bridgehead atoms. The predicted octanol–water partition coefficient (Wildman–Crippen LogP) is 4.52. The van der Waals surface area contributed by atoms with Crippen LogP contribution < -0.4 is 0 Å². The maximum absolute atomic E-state index is 5.37. The summed E-state index contributed by atoms with van der Waals surface area (Å²) in [6.45, 7) is 2.12. The van der Waals surface area contributed by atoms with E-state index in [0.717, 1.165) is 17.4 Å². The van der Waals surface area contributed by atoms with E-state index in [2.05, 4.69) is 49.3 Å². The highest BCUT2D eigenvalue weighted by atomic mass is 14.2. The zero-order valence-electron chi connectivity index (χ0n) is 10.5. The summed E-state index contributed by atoms with van der Waals surface area (Å²) in [5.74, 6) is 4.22. The standard InChI is InChI=1S/C17H20/c1-3-5-15-8-12-17(13-9-15)16-10-6-14(4-2)7-11-16/h2-3,5-7,10-11,15,17H,8-9,12-13H2,1H3/b5-3+. The maximum Gasteiger partial charge on any atom is 0.0242 e. The molecule has 17 heavy (non-hydrogen) atoms. The molecular formula is C17H20. The Hall–Kier alpha value is -1.48. The van der Waals surface area contributed by atoms with Crippen molar-refractivity contribution in [3.05, 3.63) is 47.5 Å². The molecule has 0 heterocycles. The summed E-state index contributed by atoms with van der Waals surface area (Å²) in [4.78, 5) is 0. The Balaban J connectivity index is 1.98. The number of benzene rings is 1. The van der Waals surface area contributed by atoms with Gasteiger partial charge in [0.05, 0.1) is 0 Å². The first-order valence-corrected chi connectivity index (χ1v) is 6.53. The van der Waals surface area contributed by atoms with Gasteiger partial charge in [-0.3, -0.25) is 0 Å². The van der Waals surface area contributed by atoms with Crippen LogP contribution in [0.25, 0.3) is 0 Å². The lowest BCUT2D eigenvalue weighted by atomic mass is 9.78. The molecule has 0 nitrogen and oxygen atoms in total. The number of terminal acetylenes is 1. The Labute approximate surface area is 105 Å². The van der Waals surface area contributed by atoms with E-state index in [1.54, 1.807) is 0 Å². The van der Waals surface area contributed by atoms with Crippen molar-refractivity contribution in [2.75, 3.05) is 0 Å². The van der Waals surface area contributed by atoms with Crippen LogP contribution in [0, 0.1) is 18.3 Å². The number of hydrogen-bond donors (Lipinski definition) is 0. The van der Waals surface area contributed by atoms with Crippen LogP contribution in [0.3, 0.4) is 0 Å². The van der Waals surface area contributed by atoms with E-state index in [1.807, 2.05) is 0 Å². The first-order chi connectivity index (χ1) is 8.33. The van der Waals surface area contributed by atoms with Crippen LogP contribution in [0.5, 0.6) is 0 Å². The molecule has 0 unspecified atom stereocenters. The molecule has 0 radical (unpaired) electrons. The first kappa shape index (κ1) is 12.0. The fraction of sp³-hybridized carbons (Fsp3) is 0.412. The molecule has 1 aliphatic carbocycles. The minimum absolute atomic E-state index is 0.739. The van der Waals surface area contributed by atoms with Crippen molar-refractivity contribution in [3.8, 4) is 12.3 Å². The van der Waals surface area contributed by atoms with Crippen molar-refractivity contribution in [3.63, 3.8) is 0 Å². The van der Waals surface area contributed by atoms with Gasteiger partial charge in [-0.05, 0) is 62.1 Å². The van der Waals surface area contributed by atoms with E-state index < -0.39 is 0 Å². The average Bonchev–Trinajstić information content (AvgIpc) is 2.40.